The van der Waals surface area contributed by atoms with E-state index in [9.17, 15) is 5.11 Å². The second-order valence-corrected chi connectivity index (χ2v) is 4.41. The summed E-state index contributed by atoms with van der Waals surface area (Å²) in [6, 6.07) is 3.54. The second-order valence-electron chi connectivity index (χ2n) is 4.01. The molecule has 2 rings (SSSR count). The van der Waals surface area contributed by atoms with Crippen LogP contribution < -0.4 is 4.74 Å². The Morgan fingerprint density at radius 1 is 1.31 bits per heavy atom. The number of fused-ring (bicyclic) bond motifs is 1. The van der Waals surface area contributed by atoms with Gasteiger partial charge in [-0.3, -0.25) is 0 Å². The summed E-state index contributed by atoms with van der Waals surface area (Å²) in [4.78, 5) is 0. The van der Waals surface area contributed by atoms with Crippen LogP contribution in [0.1, 0.15) is 37.2 Å². The quantitative estimate of drug-likeness (QED) is 0.823. The van der Waals surface area contributed by atoms with Crippen LogP contribution in [0, 0.1) is 0 Å². The molecule has 1 aromatic rings. The largest absolute Gasteiger partial charge is 0.496 e. The number of hydrogen-bond acceptors (Lipinski definition) is 3. The first kappa shape index (κ1) is 11.7. The fourth-order valence-corrected chi connectivity index (χ4v) is 2.46. The Morgan fingerprint density at radius 3 is 2.62 bits per heavy atom. The van der Waals surface area contributed by atoms with E-state index in [2.05, 4.69) is 0 Å². The van der Waals surface area contributed by atoms with E-state index in [0.717, 1.165) is 11.1 Å². The van der Waals surface area contributed by atoms with Crippen molar-refractivity contribution in [3.8, 4) is 5.75 Å². The third-order valence-corrected chi connectivity index (χ3v) is 3.31. The van der Waals surface area contributed by atoms with Crippen molar-refractivity contribution >= 4 is 11.6 Å². The summed E-state index contributed by atoms with van der Waals surface area (Å²) < 4.78 is 10.9. The monoisotopic (exact) mass is 242 g/mol. The molecule has 0 aliphatic carbocycles. The Labute approximate surface area is 99.9 Å². The molecule has 88 valence electrons. The minimum atomic E-state index is -0.700. The number of rotatable bonds is 1. The predicted molar refractivity (Wildman–Crippen MR) is 61.9 cm³/mol. The summed E-state index contributed by atoms with van der Waals surface area (Å²) in [5.74, 6) is 0.706. The van der Waals surface area contributed by atoms with Crippen LogP contribution in [0.3, 0.4) is 0 Å². The zero-order valence-electron chi connectivity index (χ0n) is 9.53. The molecule has 0 bridgehead atoms. The molecule has 0 fully saturated rings. The molecule has 1 heterocycles. The molecule has 1 aliphatic heterocycles. The van der Waals surface area contributed by atoms with Crippen molar-refractivity contribution < 1.29 is 14.6 Å². The van der Waals surface area contributed by atoms with Gasteiger partial charge in [0, 0.05) is 16.1 Å². The molecular weight excluding hydrogens is 228 g/mol. The van der Waals surface area contributed by atoms with Crippen molar-refractivity contribution in [1.29, 1.82) is 0 Å². The minimum absolute atomic E-state index is 0.123. The van der Waals surface area contributed by atoms with E-state index in [-0.39, 0.29) is 12.2 Å². The molecule has 3 atom stereocenters. The van der Waals surface area contributed by atoms with E-state index >= 15 is 0 Å². The van der Waals surface area contributed by atoms with E-state index < -0.39 is 6.10 Å². The zero-order chi connectivity index (χ0) is 11.9. The maximum absolute atomic E-state index is 10.1. The van der Waals surface area contributed by atoms with Gasteiger partial charge in [-0.1, -0.05) is 11.6 Å². The van der Waals surface area contributed by atoms with Gasteiger partial charge in [-0.15, -0.1) is 0 Å². The van der Waals surface area contributed by atoms with E-state index in [0.29, 0.717) is 10.8 Å². The average Bonchev–Trinajstić information content (AvgIpc) is 2.25. The Balaban J connectivity index is 2.63. The third-order valence-electron chi connectivity index (χ3n) is 2.98. The highest BCUT2D eigenvalue weighted by Gasteiger charge is 2.33. The van der Waals surface area contributed by atoms with Crippen molar-refractivity contribution in [2.24, 2.45) is 0 Å². The van der Waals surface area contributed by atoms with Gasteiger partial charge in [0.15, 0.2) is 0 Å². The number of aliphatic hydroxyl groups is 1. The summed E-state index contributed by atoms with van der Waals surface area (Å²) >= 11 is 6.13. The maximum Gasteiger partial charge on any atom is 0.125 e. The van der Waals surface area contributed by atoms with Gasteiger partial charge in [0.1, 0.15) is 11.9 Å². The molecule has 0 spiro atoms. The van der Waals surface area contributed by atoms with E-state index in [1.807, 2.05) is 13.8 Å². The number of aliphatic hydroxyl groups excluding tert-OH is 1. The number of halogens is 1. The lowest BCUT2D eigenvalue weighted by Crippen LogP contribution is -2.28. The molecule has 1 N–H and O–H groups in total. The van der Waals surface area contributed by atoms with Crippen LogP contribution in [-0.4, -0.2) is 18.3 Å². The molecule has 0 amide bonds. The number of ether oxygens (including phenoxy) is 2. The topological polar surface area (TPSA) is 38.7 Å². The molecule has 0 unspecified atom stereocenters. The molecule has 1 aliphatic rings. The van der Waals surface area contributed by atoms with Gasteiger partial charge < -0.3 is 14.6 Å². The van der Waals surface area contributed by atoms with Crippen molar-refractivity contribution in [3.63, 3.8) is 0 Å². The number of benzene rings is 1. The molecule has 4 heteroatoms. The predicted octanol–water partition coefficient (Wildman–Crippen LogP) is 2.86. The van der Waals surface area contributed by atoms with Crippen molar-refractivity contribution in [2.75, 3.05) is 7.11 Å². The average molecular weight is 243 g/mol. The van der Waals surface area contributed by atoms with Crippen molar-refractivity contribution in [3.05, 3.63) is 28.3 Å². The van der Waals surface area contributed by atoms with Crippen LogP contribution in [0.25, 0.3) is 0 Å². The fraction of sp³-hybridized carbons (Fsp3) is 0.500. The summed E-state index contributed by atoms with van der Waals surface area (Å²) in [5, 5.41) is 10.6. The minimum Gasteiger partial charge on any atom is -0.496 e. The summed E-state index contributed by atoms with van der Waals surface area (Å²) in [6.07, 6.45) is -1.08. The Kier molecular flexibility index (Phi) is 3.10. The molecule has 0 saturated heterocycles. The smallest absolute Gasteiger partial charge is 0.125 e. The molecule has 16 heavy (non-hydrogen) atoms. The van der Waals surface area contributed by atoms with Gasteiger partial charge >= 0.3 is 0 Å². The maximum atomic E-state index is 10.1. The normalized spacial score (nSPS) is 28.7. The molecule has 0 radical (unpaired) electrons. The fourth-order valence-electron chi connectivity index (χ4n) is 2.19. The Hall–Kier alpha value is -0.770. The van der Waals surface area contributed by atoms with Gasteiger partial charge in [0.05, 0.1) is 19.3 Å². The lowest BCUT2D eigenvalue weighted by molar-refractivity contribution is -0.0815. The summed E-state index contributed by atoms with van der Waals surface area (Å²) in [7, 11) is 1.60. The number of hydrogen-bond donors (Lipinski definition) is 1. The standard InChI is InChI=1S/C12H15ClO3/c1-6-10-9(15-3)5-4-8(13)11(10)12(14)7(2)16-6/h4-7,12,14H,1-3H3/t6-,7-,12+/m1/s1. The molecule has 0 saturated carbocycles. The van der Waals surface area contributed by atoms with Crippen LogP contribution in [0.15, 0.2) is 12.1 Å². The summed E-state index contributed by atoms with van der Waals surface area (Å²) in [6.45, 7) is 3.76. The first-order chi connectivity index (χ1) is 7.56. The van der Waals surface area contributed by atoms with Crippen LogP contribution in [-0.2, 0) is 4.74 Å². The highest BCUT2D eigenvalue weighted by atomic mass is 35.5. The van der Waals surface area contributed by atoms with Crippen LogP contribution in [0.4, 0.5) is 0 Å². The van der Waals surface area contributed by atoms with Gasteiger partial charge in [0.25, 0.3) is 0 Å². The second kappa shape index (κ2) is 4.24. The van der Waals surface area contributed by atoms with Crippen LogP contribution >= 0.6 is 11.6 Å². The molecule has 3 nitrogen and oxygen atoms in total. The van der Waals surface area contributed by atoms with E-state index in [1.54, 1.807) is 19.2 Å². The van der Waals surface area contributed by atoms with E-state index in [1.165, 1.54) is 0 Å². The molecule has 1 aromatic carbocycles. The van der Waals surface area contributed by atoms with Crippen LogP contribution in [0.5, 0.6) is 5.75 Å². The first-order valence-electron chi connectivity index (χ1n) is 5.26. The highest BCUT2D eigenvalue weighted by Crippen LogP contribution is 2.44. The highest BCUT2D eigenvalue weighted by molar-refractivity contribution is 6.31. The van der Waals surface area contributed by atoms with Crippen LogP contribution in [0.2, 0.25) is 5.02 Å². The van der Waals surface area contributed by atoms with Crippen molar-refractivity contribution in [1.82, 2.24) is 0 Å². The van der Waals surface area contributed by atoms with Gasteiger partial charge in [-0.25, -0.2) is 0 Å². The lowest BCUT2D eigenvalue weighted by atomic mass is 9.92. The number of methoxy groups -OCH3 is 1. The Morgan fingerprint density at radius 2 is 2.00 bits per heavy atom. The van der Waals surface area contributed by atoms with Gasteiger partial charge in [0.2, 0.25) is 0 Å². The van der Waals surface area contributed by atoms with E-state index in [4.69, 9.17) is 21.1 Å². The summed E-state index contributed by atoms with van der Waals surface area (Å²) in [5.41, 5.74) is 1.58. The third kappa shape index (κ3) is 1.69. The van der Waals surface area contributed by atoms with Crippen molar-refractivity contribution in [2.45, 2.75) is 32.2 Å². The van der Waals surface area contributed by atoms with Gasteiger partial charge in [-0.05, 0) is 26.0 Å². The Bertz CT molecular complexity index is 405. The molecular formula is C12H15ClO3. The first-order valence-corrected chi connectivity index (χ1v) is 5.63. The lowest BCUT2D eigenvalue weighted by Gasteiger charge is -2.34. The molecule has 0 aromatic heterocycles. The SMILES string of the molecule is COc1ccc(Cl)c2c1[C@@H](C)O[C@H](C)[C@@H]2O. The van der Waals surface area contributed by atoms with Gasteiger partial charge in [-0.2, -0.15) is 0 Å². The zero-order valence-corrected chi connectivity index (χ0v) is 10.3.